The van der Waals surface area contributed by atoms with Crippen molar-refractivity contribution in [1.82, 2.24) is 20.6 Å². The second-order valence-electron chi connectivity index (χ2n) is 5.61. The van der Waals surface area contributed by atoms with Gasteiger partial charge in [-0.1, -0.05) is 29.3 Å². The Morgan fingerprint density at radius 2 is 2.00 bits per heavy atom. The molecule has 0 aliphatic heterocycles. The predicted octanol–water partition coefficient (Wildman–Crippen LogP) is 3.63. The van der Waals surface area contributed by atoms with Crippen molar-refractivity contribution in [2.24, 2.45) is 0 Å². The summed E-state index contributed by atoms with van der Waals surface area (Å²) in [6, 6.07) is 8.64. The maximum absolute atomic E-state index is 12.2. The van der Waals surface area contributed by atoms with E-state index in [9.17, 15) is 9.59 Å². The quantitative estimate of drug-likeness (QED) is 0.526. The number of pyridine rings is 1. The van der Waals surface area contributed by atoms with E-state index in [1.54, 1.807) is 42.0 Å². The van der Waals surface area contributed by atoms with Gasteiger partial charge < -0.3 is 16.0 Å². The van der Waals surface area contributed by atoms with Crippen LogP contribution >= 0.6 is 34.5 Å². The average Bonchev–Trinajstić information content (AvgIpc) is 3.17. The Balaban J connectivity index is 1.50. The third-order valence-electron chi connectivity index (χ3n) is 3.53. The first-order valence-electron chi connectivity index (χ1n) is 8.12. The first-order valence-corrected chi connectivity index (χ1v) is 9.76. The number of hydrogen-bond donors (Lipinski definition) is 3. The summed E-state index contributed by atoms with van der Waals surface area (Å²) in [5.41, 5.74) is 1.66. The Hall–Kier alpha value is -2.68. The van der Waals surface area contributed by atoms with Crippen molar-refractivity contribution in [3.8, 4) is 0 Å². The molecule has 3 rings (SSSR count). The van der Waals surface area contributed by atoms with Gasteiger partial charge in [0.1, 0.15) is 5.69 Å². The van der Waals surface area contributed by atoms with Crippen molar-refractivity contribution in [2.75, 3.05) is 11.9 Å². The lowest BCUT2D eigenvalue weighted by Gasteiger charge is -2.06. The van der Waals surface area contributed by atoms with Gasteiger partial charge in [-0.25, -0.2) is 4.98 Å². The molecule has 0 aliphatic rings. The second-order valence-corrected chi connectivity index (χ2v) is 7.31. The zero-order valence-electron chi connectivity index (χ0n) is 14.4. The van der Waals surface area contributed by atoms with Gasteiger partial charge in [-0.15, -0.1) is 11.3 Å². The Morgan fingerprint density at radius 3 is 2.79 bits per heavy atom. The number of benzene rings is 1. The predicted molar refractivity (Wildman–Crippen MR) is 110 cm³/mol. The highest BCUT2D eigenvalue weighted by molar-refractivity contribution is 7.14. The van der Waals surface area contributed by atoms with Crippen LogP contribution < -0.4 is 16.0 Å². The van der Waals surface area contributed by atoms with E-state index in [0.717, 1.165) is 5.56 Å². The van der Waals surface area contributed by atoms with Gasteiger partial charge in [0.05, 0.1) is 17.3 Å². The zero-order valence-corrected chi connectivity index (χ0v) is 16.7. The molecule has 2 aromatic heterocycles. The van der Waals surface area contributed by atoms with Crippen molar-refractivity contribution in [1.29, 1.82) is 0 Å². The van der Waals surface area contributed by atoms with Gasteiger partial charge in [0.15, 0.2) is 5.13 Å². The van der Waals surface area contributed by atoms with Gasteiger partial charge in [-0.05, 0) is 29.8 Å². The van der Waals surface area contributed by atoms with Gasteiger partial charge in [0.2, 0.25) is 5.91 Å². The van der Waals surface area contributed by atoms with Gasteiger partial charge in [0.25, 0.3) is 5.91 Å². The molecule has 0 spiro atoms. The molecule has 0 bridgehead atoms. The third-order valence-corrected chi connectivity index (χ3v) is 4.85. The van der Waals surface area contributed by atoms with E-state index < -0.39 is 5.91 Å². The summed E-state index contributed by atoms with van der Waals surface area (Å²) >= 11 is 13.3. The third kappa shape index (κ3) is 5.66. The molecular formula is C18H15Cl2N5O2S. The van der Waals surface area contributed by atoms with Crippen LogP contribution in [-0.4, -0.2) is 28.3 Å². The number of aromatic nitrogens is 2. The molecule has 3 aromatic rings. The fourth-order valence-corrected chi connectivity index (χ4v) is 3.20. The molecule has 1 aromatic carbocycles. The van der Waals surface area contributed by atoms with Crippen LogP contribution in [0.1, 0.15) is 16.1 Å². The number of nitrogens with one attached hydrogen (secondary N) is 3. The van der Waals surface area contributed by atoms with Crippen molar-refractivity contribution in [2.45, 2.75) is 6.54 Å². The second kappa shape index (κ2) is 9.50. The largest absolute Gasteiger partial charge is 0.350 e. The number of nitrogens with zero attached hydrogens (tertiary/aromatic N) is 2. The van der Waals surface area contributed by atoms with Crippen LogP contribution in [0.4, 0.5) is 10.8 Å². The zero-order chi connectivity index (χ0) is 19.9. The maximum Gasteiger partial charge on any atom is 0.271 e. The lowest BCUT2D eigenvalue weighted by Crippen LogP contribution is -2.36. The lowest BCUT2D eigenvalue weighted by molar-refractivity contribution is -0.120. The molecule has 0 radical (unpaired) electrons. The summed E-state index contributed by atoms with van der Waals surface area (Å²) in [5.74, 6) is -0.755. The summed E-state index contributed by atoms with van der Waals surface area (Å²) in [4.78, 5) is 32.2. The number of carbonyl (C=O) groups excluding carboxylic acids is 2. The number of halogens is 2. The molecule has 0 saturated heterocycles. The van der Waals surface area contributed by atoms with Crippen LogP contribution in [0.5, 0.6) is 0 Å². The summed E-state index contributed by atoms with van der Waals surface area (Å²) in [5, 5.41) is 11.3. The normalized spacial score (nSPS) is 10.4. The molecule has 7 nitrogen and oxygen atoms in total. The molecule has 0 unspecified atom stereocenters. The molecule has 0 aliphatic carbocycles. The topological polar surface area (TPSA) is 96.0 Å². The van der Waals surface area contributed by atoms with Crippen molar-refractivity contribution >= 4 is 57.2 Å². The number of amides is 2. The smallest absolute Gasteiger partial charge is 0.271 e. The minimum Gasteiger partial charge on any atom is -0.350 e. The fraction of sp³-hybridized carbons (Fsp3) is 0.111. The summed E-state index contributed by atoms with van der Waals surface area (Å²) in [6.07, 6.45) is 3.32. The van der Waals surface area contributed by atoms with E-state index >= 15 is 0 Å². The SMILES string of the molecule is O=C(CNC(=O)c1csc(Nc2cc(Cl)ccc2Cl)n1)NCc1cccnc1. The van der Waals surface area contributed by atoms with Crippen LogP contribution in [0.25, 0.3) is 0 Å². The van der Waals surface area contributed by atoms with Crippen LogP contribution in [0.15, 0.2) is 48.1 Å². The van der Waals surface area contributed by atoms with Crippen molar-refractivity contribution in [3.63, 3.8) is 0 Å². The van der Waals surface area contributed by atoms with Crippen molar-refractivity contribution in [3.05, 3.63) is 69.4 Å². The van der Waals surface area contributed by atoms with Crippen LogP contribution in [0, 0.1) is 0 Å². The first-order chi connectivity index (χ1) is 13.5. The van der Waals surface area contributed by atoms with E-state index in [1.807, 2.05) is 6.07 Å². The van der Waals surface area contributed by atoms with Crippen LogP contribution in [0.2, 0.25) is 10.0 Å². The first kappa shape index (κ1) is 20.1. The number of anilines is 2. The van der Waals surface area contributed by atoms with E-state index in [0.29, 0.717) is 27.4 Å². The molecular weight excluding hydrogens is 421 g/mol. The highest BCUT2D eigenvalue weighted by Gasteiger charge is 2.13. The minimum absolute atomic E-state index is 0.153. The van der Waals surface area contributed by atoms with E-state index in [4.69, 9.17) is 23.2 Å². The van der Waals surface area contributed by atoms with E-state index in [2.05, 4.69) is 25.9 Å². The molecule has 2 amide bonds. The van der Waals surface area contributed by atoms with Gasteiger partial charge in [-0.3, -0.25) is 14.6 Å². The standard InChI is InChI=1S/C18H15Cl2N5O2S/c19-12-3-4-13(20)14(6-12)24-18-25-15(10-28-18)17(27)23-9-16(26)22-8-11-2-1-5-21-7-11/h1-7,10H,8-9H2,(H,22,26)(H,23,27)(H,24,25). The van der Waals surface area contributed by atoms with Crippen molar-refractivity contribution < 1.29 is 9.59 Å². The lowest BCUT2D eigenvalue weighted by atomic mass is 10.3. The Morgan fingerprint density at radius 1 is 1.14 bits per heavy atom. The number of rotatable bonds is 7. The number of thiazole rings is 1. The average molecular weight is 436 g/mol. The van der Waals surface area contributed by atoms with Crippen LogP contribution in [0.3, 0.4) is 0 Å². The fourth-order valence-electron chi connectivity index (χ4n) is 2.16. The Labute approximate surface area is 175 Å². The summed E-state index contributed by atoms with van der Waals surface area (Å²) in [7, 11) is 0. The molecule has 144 valence electrons. The Bertz CT molecular complexity index is 981. The van der Waals surface area contributed by atoms with E-state index in [1.165, 1.54) is 11.3 Å². The maximum atomic E-state index is 12.2. The summed E-state index contributed by atoms with van der Waals surface area (Å²) < 4.78 is 0. The van der Waals surface area contributed by atoms with Gasteiger partial charge in [0, 0.05) is 29.3 Å². The molecule has 10 heteroatoms. The molecule has 3 N–H and O–H groups in total. The van der Waals surface area contributed by atoms with Gasteiger partial charge in [-0.2, -0.15) is 0 Å². The molecule has 0 fully saturated rings. The Kier molecular flexibility index (Phi) is 6.80. The summed E-state index contributed by atoms with van der Waals surface area (Å²) in [6.45, 7) is 0.188. The highest BCUT2D eigenvalue weighted by Crippen LogP contribution is 2.29. The van der Waals surface area contributed by atoms with E-state index in [-0.39, 0.29) is 18.1 Å². The molecule has 0 atom stereocenters. The highest BCUT2D eigenvalue weighted by atomic mass is 35.5. The minimum atomic E-state index is -0.446. The molecule has 2 heterocycles. The number of hydrogen-bond acceptors (Lipinski definition) is 6. The monoisotopic (exact) mass is 435 g/mol. The van der Waals surface area contributed by atoms with Gasteiger partial charge >= 0.3 is 0 Å². The van der Waals surface area contributed by atoms with Crippen LogP contribution in [-0.2, 0) is 11.3 Å². The number of carbonyl (C=O) groups is 2. The molecule has 0 saturated carbocycles. The molecule has 28 heavy (non-hydrogen) atoms.